The Morgan fingerprint density at radius 3 is 2.15 bits per heavy atom. The van der Waals surface area contributed by atoms with Crippen LogP contribution in [0.4, 0.5) is 0 Å². The molecule has 0 bridgehead atoms. The van der Waals surface area contributed by atoms with Gasteiger partial charge in [-0.2, -0.15) is 0 Å². The maximum Gasteiger partial charge on any atom is 0.242 e. The van der Waals surface area contributed by atoms with Crippen molar-refractivity contribution in [3.63, 3.8) is 0 Å². The van der Waals surface area contributed by atoms with Crippen LogP contribution in [0.15, 0.2) is 29.2 Å². The summed E-state index contributed by atoms with van der Waals surface area (Å²) in [5, 5.41) is 2.65. The van der Waals surface area contributed by atoms with Gasteiger partial charge in [-0.05, 0) is 31.0 Å². The second kappa shape index (κ2) is 9.48. The molecule has 0 spiro atoms. The third-order valence-corrected chi connectivity index (χ3v) is 7.39. The van der Waals surface area contributed by atoms with Crippen molar-refractivity contribution >= 4 is 25.8 Å². The summed E-state index contributed by atoms with van der Waals surface area (Å²) < 4.78 is 49.1. The molecule has 1 aromatic carbocycles. The van der Waals surface area contributed by atoms with Gasteiger partial charge in [0.15, 0.2) is 9.84 Å². The summed E-state index contributed by atoms with van der Waals surface area (Å²) in [5.41, 5.74) is 0.694. The molecule has 0 fully saturated rings. The molecule has 0 aliphatic rings. The zero-order valence-corrected chi connectivity index (χ0v) is 17.4. The molecular weight excluding hydrogens is 376 g/mol. The van der Waals surface area contributed by atoms with E-state index in [4.69, 9.17) is 0 Å². The van der Waals surface area contributed by atoms with E-state index < -0.39 is 37.6 Å². The van der Waals surface area contributed by atoms with E-state index in [1.165, 1.54) is 26.2 Å². The Hall–Kier alpha value is -1.45. The van der Waals surface area contributed by atoms with Crippen LogP contribution in [-0.2, 0) is 24.7 Å². The van der Waals surface area contributed by atoms with Crippen LogP contribution in [0.5, 0.6) is 0 Å². The van der Waals surface area contributed by atoms with Crippen LogP contribution in [0.3, 0.4) is 0 Å². The number of benzene rings is 1. The van der Waals surface area contributed by atoms with Crippen molar-refractivity contribution < 1.29 is 21.6 Å². The van der Waals surface area contributed by atoms with Crippen molar-refractivity contribution in [1.29, 1.82) is 0 Å². The largest absolute Gasteiger partial charge is 0.349 e. The summed E-state index contributed by atoms with van der Waals surface area (Å²) in [6.07, 6.45) is 2.29. The molecule has 0 saturated heterocycles. The summed E-state index contributed by atoms with van der Waals surface area (Å²) in [6, 6.07) is 5.72. The molecule has 1 N–H and O–H groups in total. The summed E-state index contributed by atoms with van der Waals surface area (Å²) in [6.45, 7) is 3.70. The first-order chi connectivity index (χ1) is 12.0. The fourth-order valence-corrected chi connectivity index (χ4v) is 4.52. The van der Waals surface area contributed by atoms with Crippen LogP contribution in [0, 0.1) is 0 Å². The highest BCUT2D eigenvalue weighted by molar-refractivity contribution is 7.92. The third kappa shape index (κ3) is 6.69. The minimum absolute atomic E-state index is 0.0136. The van der Waals surface area contributed by atoms with E-state index in [1.807, 2.05) is 6.92 Å². The smallest absolute Gasteiger partial charge is 0.242 e. The summed E-state index contributed by atoms with van der Waals surface area (Å²) >= 11 is 0. The lowest BCUT2D eigenvalue weighted by atomic mass is 10.1. The zero-order chi connectivity index (χ0) is 20.0. The lowest BCUT2D eigenvalue weighted by Crippen LogP contribution is -2.33. The fourth-order valence-electron chi connectivity index (χ4n) is 2.35. The molecule has 0 radical (unpaired) electrons. The van der Waals surface area contributed by atoms with Crippen molar-refractivity contribution in [3.8, 4) is 0 Å². The Bertz CT molecular complexity index is 800. The molecular formula is C17H28N2O5S2. The van der Waals surface area contributed by atoms with Crippen molar-refractivity contribution in [2.24, 2.45) is 0 Å². The number of carbonyl (C=O) groups is 1. The predicted octanol–water partition coefficient (Wildman–Crippen LogP) is 1.72. The Balaban J connectivity index is 2.70. The SMILES string of the molecule is CCCCCS(=O)(=O)CC(=O)NC(C)c1ccc(S(=O)(=O)N(C)C)cc1. The Morgan fingerprint density at radius 1 is 1.08 bits per heavy atom. The number of carbonyl (C=O) groups excluding carboxylic acids is 1. The molecule has 0 saturated carbocycles. The average molecular weight is 405 g/mol. The van der Waals surface area contributed by atoms with Gasteiger partial charge in [0.25, 0.3) is 0 Å². The lowest BCUT2D eigenvalue weighted by molar-refractivity contribution is -0.119. The van der Waals surface area contributed by atoms with E-state index in [9.17, 15) is 21.6 Å². The van der Waals surface area contributed by atoms with Crippen LogP contribution in [0.25, 0.3) is 0 Å². The predicted molar refractivity (Wildman–Crippen MR) is 102 cm³/mol. The van der Waals surface area contributed by atoms with Crippen LogP contribution >= 0.6 is 0 Å². The number of hydrogen-bond acceptors (Lipinski definition) is 5. The molecule has 26 heavy (non-hydrogen) atoms. The van der Waals surface area contributed by atoms with Crippen LogP contribution in [0.1, 0.15) is 44.7 Å². The Kier molecular flexibility index (Phi) is 8.23. The van der Waals surface area contributed by atoms with Crippen LogP contribution in [0.2, 0.25) is 0 Å². The molecule has 0 aromatic heterocycles. The van der Waals surface area contributed by atoms with Gasteiger partial charge in [0, 0.05) is 14.1 Å². The molecule has 0 aliphatic heterocycles. The number of rotatable bonds is 10. The summed E-state index contributed by atoms with van der Waals surface area (Å²) in [4.78, 5) is 12.2. The van der Waals surface area contributed by atoms with Crippen LogP contribution in [-0.4, -0.2) is 52.6 Å². The van der Waals surface area contributed by atoms with Crippen molar-refractivity contribution in [1.82, 2.24) is 9.62 Å². The maximum atomic E-state index is 12.0. The average Bonchev–Trinajstić information content (AvgIpc) is 2.54. The number of hydrogen-bond donors (Lipinski definition) is 1. The van der Waals surface area contributed by atoms with E-state index >= 15 is 0 Å². The van der Waals surface area contributed by atoms with Gasteiger partial charge in [-0.1, -0.05) is 31.9 Å². The van der Waals surface area contributed by atoms with Gasteiger partial charge in [0.1, 0.15) is 5.75 Å². The van der Waals surface area contributed by atoms with Gasteiger partial charge in [0.2, 0.25) is 15.9 Å². The highest BCUT2D eigenvalue weighted by Gasteiger charge is 2.20. The topological polar surface area (TPSA) is 101 Å². The highest BCUT2D eigenvalue weighted by atomic mass is 32.2. The van der Waals surface area contributed by atoms with E-state index in [-0.39, 0.29) is 10.6 Å². The number of unbranched alkanes of at least 4 members (excludes halogenated alkanes) is 2. The van der Waals surface area contributed by atoms with Crippen molar-refractivity contribution in [3.05, 3.63) is 29.8 Å². The summed E-state index contributed by atoms with van der Waals surface area (Å²) in [5.74, 6) is -1.08. The first-order valence-electron chi connectivity index (χ1n) is 8.52. The normalized spacial score (nSPS) is 13.6. The molecule has 1 unspecified atom stereocenters. The second-order valence-corrected chi connectivity index (χ2v) is 10.8. The van der Waals surface area contributed by atoms with Gasteiger partial charge in [0.05, 0.1) is 16.7 Å². The molecule has 9 heteroatoms. The minimum atomic E-state index is -3.51. The molecule has 7 nitrogen and oxygen atoms in total. The number of sulfone groups is 1. The molecule has 1 amide bonds. The van der Waals surface area contributed by atoms with Gasteiger partial charge in [-0.15, -0.1) is 0 Å². The maximum absolute atomic E-state index is 12.0. The van der Waals surface area contributed by atoms with Gasteiger partial charge in [-0.25, -0.2) is 21.1 Å². The van der Waals surface area contributed by atoms with E-state index in [0.717, 1.165) is 17.1 Å². The molecule has 148 valence electrons. The molecule has 1 aromatic rings. The van der Waals surface area contributed by atoms with E-state index in [0.29, 0.717) is 12.0 Å². The Morgan fingerprint density at radius 2 is 1.65 bits per heavy atom. The molecule has 1 atom stereocenters. The first-order valence-corrected chi connectivity index (χ1v) is 11.8. The molecule has 0 aliphatic carbocycles. The lowest BCUT2D eigenvalue weighted by Gasteiger charge is -2.16. The van der Waals surface area contributed by atoms with Crippen molar-refractivity contribution in [2.75, 3.05) is 25.6 Å². The number of sulfonamides is 1. The van der Waals surface area contributed by atoms with Crippen LogP contribution < -0.4 is 5.32 Å². The van der Waals surface area contributed by atoms with E-state index in [2.05, 4.69) is 5.32 Å². The van der Waals surface area contributed by atoms with Gasteiger partial charge in [-0.3, -0.25) is 4.79 Å². The third-order valence-electron chi connectivity index (χ3n) is 3.95. The minimum Gasteiger partial charge on any atom is -0.349 e. The quantitative estimate of drug-likeness (QED) is 0.599. The highest BCUT2D eigenvalue weighted by Crippen LogP contribution is 2.18. The zero-order valence-electron chi connectivity index (χ0n) is 15.7. The second-order valence-electron chi connectivity index (χ2n) is 6.44. The number of nitrogens with one attached hydrogen (secondary N) is 1. The number of nitrogens with zero attached hydrogens (tertiary/aromatic N) is 1. The van der Waals surface area contributed by atoms with Crippen molar-refractivity contribution in [2.45, 2.75) is 44.0 Å². The summed E-state index contributed by atoms with van der Waals surface area (Å²) in [7, 11) is -4.02. The standard InChI is InChI=1S/C17H28N2O5S2/c1-5-6-7-12-25(21,22)13-17(20)18-14(2)15-8-10-16(11-9-15)26(23,24)19(3)4/h8-11,14H,5-7,12-13H2,1-4H3,(H,18,20). The molecule has 0 heterocycles. The van der Waals surface area contributed by atoms with Gasteiger partial charge < -0.3 is 5.32 Å². The molecule has 1 rings (SSSR count). The number of amides is 1. The fraction of sp³-hybridized carbons (Fsp3) is 0.588. The monoisotopic (exact) mass is 404 g/mol. The Labute approximate surface area is 156 Å². The van der Waals surface area contributed by atoms with Gasteiger partial charge >= 0.3 is 0 Å². The van der Waals surface area contributed by atoms with E-state index in [1.54, 1.807) is 19.1 Å². The first kappa shape index (κ1) is 22.6.